The molecule has 1 aromatic carbocycles. The molecule has 0 aliphatic rings. The summed E-state index contributed by atoms with van der Waals surface area (Å²) in [6.45, 7) is 3.37. The first kappa shape index (κ1) is 13.8. The van der Waals surface area contributed by atoms with Crippen molar-refractivity contribution in [3.8, 4) is 0 Å². The number of hydrogen-bond donors (Lipinski definition) is 1. The number of aliphatic hydroxyl groups excluding tert-OH is 1. The lowest BCUT2D eigenvalue weighted by Gasteiger charge is -2.24. The normalized spacial score (nSPS) is 10.5. The number of hydrogen-bond acceptors (Lipinski definition) is 4. The highest BCUT2D eigenvalue weighted by molar-refractivity contribution is 6.30. The van der Waals surface area contributed by atoms with Gasteiger partial charge in [-0.05, 0) is 12.5 Å². The Hall–Kier alpha value is -1.65. The predicted octanol–water partition coefficient (Wildman–Crippen LogP) is 2.65. The molecule has 4 nitrogen and oxygen atoms in total. The zero-order valence-electron chi connectivity index (χ0n) is 10.8. The molecule has 0 saturated heterocycles. The number of halogens is 1. The van der Waals surface area contributed by atoms with Gasteiger partial charge >= 0.3 is 0 Å². The largest absolute Gasteiger partial charge is 0.391 e. The van der Waals surface area contributed by atoms with Crippen LogP contribution in [0.1, 0.15) is 18.1 Å². The van der Waals surface area contributed by atoms with E-state index in [1.165, 1.54) is 11.9 Å². The lowest BCUT2D eigenvalue weighted by atomic mass is 10.2. The molecule has 1 aromatic heterocycles. The smallest absolute Gasteiger partial charge is 0.140 e. The van der Waals surface area contributed by atoms with Crippen molar-refractivity contribution in [3.05, 3.63) is 52.9 Å². The quantitative estimate of drug-likeness (QED) is 0.854. The van der Waals surface area contributed by atoms with Gasteiger partial charge in [0.05, 0.1) is 12.2 Å². The van der Waals surface area contributed by atoms with Crippen molar-refractivity contribution in [1.82, 2.24) is 9.97 Å². The molecule has 100 valence electrons. The van der Waals surface area contributed by atoms with E-state index in [4.69, 9.17) is 11.6 Å². The van der Waals surface area contributed by atoms with Crippen LogP contribution in [0.2, 0.25) is 5.15 Å². The highest BCUT2D eigenvalue weighted by Gasteiger charge is 2.14. The van der Waals surface area contributed by atoms with Crippen LogP contribution in [0.5, 0.6) is 0 Å². The van der Waals surface area contributed by atoms with Crippen LogP contribution < -0.4 is 4.90 Å². The van der Waals surface area contributed by atoms with E-state index in [2.05, 4.69) is 27.0 Å². The lowest BCUT2D eigenvalue weighted by Crippen LogP contribution is -2.24. The number of aromatic nitrogens is 2. The molecular weight excluding hydrogens is 262 g/mol. The molecular formula is C14H16ClN3O. The third kappa shape index (κ3) is 3.22. The number of benzene rings is 1. The van der Waals surface area contributed by atoms with Crippen molar-refractivity contribution in [2.24, 2.45) is 0 Å². The van der Waals surface area contributed by atoms with Gasteiger partial charge in [-0.25, -0.2) is 9.97 Å². The SMILES string of the molecule is CCN(Cc1ccccc1)c1ncnc(Cl)c1CO. The topological polar surface area (TPSA) is 49.2 Å². The van der Waals surface area contributed by atoms with E-state index in [0.29, 0.717) is 16.5 Å². The van der Waals surface area contributed by atoms with Gasteiger partial charge in [-0.1, -0.05) is 41.9 Å². The Morgan fingerprint density at radius 3 is 2.58 bits per heavy atom. The van der Waals surface area contributed by atoms with Gasteiger partial charge in [-0.2, -0.15) is 0 Å². The third-order valence-electron chi connectivity index (χ3n) is 2.93. The van der Waals surface area contributed by atoms with E-state index in [1.807, 2.05) is 25.1 Å². The third-order valence-corrected chi connectivity index (χ3v) is 3.25. The molecule has 0 bridgehead atoms. The van der Waals surface area contributed by atoms with Crippen molar-refractivity contribution >= 4 is 17.4 Å². The Balaban J connectivity index is 2.30. The first-order chi connectivity index (χ1) is 9.26. The average molecular weight is 278 g/mol. The Morgan fingerprint density at radius 2 is 1.95 bits per heavy atom. The van der Waals surface area contributed by atoms with Crippen LogP contribution in [0.15, 0.2) is 36.7 Å². The maximum Gasteiger partial charge on any atom is 0.140 e. The summed E-state index contributed by atoms with van der Waals surface area (Å²) < 4.78 is 0. The molecule has 19 heavy (non-hydrogen) atoms. The number of nitrogens with zero attached hydrogens (tertiary/aromatic N) is 3. The summed E-state index contributed by atoms with van der Waals surface area (Å²) in [4.78, 5) is 10.2. The summed E-state index contributed by atoms with van der Waals surface area (Å²) in [5.74, 6) is 0.689. The first-order valence-corrected chi connectivity index (χ1v) is 6.53. The minimum absolute atomic E-state index is 0.166. The Bertz CT molecular complexity index is 533. The summed E-state index contributed by atoms with van der Waals surface area (Å²) in [5, 5.41) is 9.72. The maximum absolute atomic E-state index is 9.42. The fourth-order valence-electron chi connectivity index (χ4n) is 1.93. The zero-order valence-corrected chi connectivity index (χ0v) is 11.5. The van der Waals surface area contributed by atoms with Gasteiger partial charge in [0.2, 0.25) is 0 Å². The van der Waals surface area contributed by atoms with Crippen LogP contribution >= 0.6 is 11.6 Å². The van der Waals surface area contributed by atoms with Crippen molar-refractivity contribution in [3.63, 3.8) is 0 Å². The van der Waals surface area contributed by atoms with Crippen LogP contribution in [0.3, 0.4) is 0 Å². The van der Waals surface area contributed by atoms with Gasteiger partial charge in [0, 0.05) is 13.1 Å². The van der Waals surface area contributed by atoms with Gasteiger partial charge in [0.1, 0.15) is 17.3 Å². The lowest BCUT2D eigenvalue weighted by molar-refractivity contribution is 0.281. The minimum Gasteiger partial charge on any atom is -0.391 e. The minimum atomic E-state index is -0.166. The maximum atomic E-state index is 9.42. The molecule has 0 atom stereocenters. The highest BCUT2D eigenvalue weighted by atomic mass is 35.5. The summed E-state index contributed by atoms with van der Waals surface area (Å²) in [6.07, 6.45) is 1.42. The molecule has 0 saturated carbocycles. The molecule has 0 aliphatic carbocycles. The van der Waals surface area contributed by atoms with Crippen LogP contribution in [-0.2, 0) is 13.2 Å². The molecule has 0 amide bonds. The monoisotopic (exact) mass is 277 g/mol. The van der Waals surface area contributed by atoms with E-state index < -0.39 is 0 Å². The van der Waals surface area contributed by atoms with Crippen molar-refractivity contribution in [2.75, 3.05) is 11.4 Å². The van der Waals surface area contributed by atoms with Crippen molar-refractivity contribution < 1.29 is 5.11 Å². The van der Waals surface area contributed by atoms with E-state index in [-0.39, 0.29) is 6.61 Å². The van der Waals surface area contributed by atoms with Crippen LogP contribution in [0.4, 0.5) is 5.82 Å². The van der Waals surface area contributed by atoms with E-state index in [1.54, 1.807) is 0 Å². The van der Waals surface area contributed by atoms with Crippen molar-refractivity contribution in [2.45, 2.75) is 20.1 Å². The molecule has 0 spiro atoms. The van der Waals surface area contributed by atoms with E-state index >= 15 is 0 Å². The molecule has 2 rings (SSSR count). The Kier molecular flexibility index (Phi) is 4.71. The fourth-order valence-corrected chi connectivity index (χ4v) is 2.12. The van der Waals surface area contributed by atoms with Crippen LogP contribution in [0.25, 0.3) is 0 Å². The van der Waals surface area contributed by atoms with Crippen LogP contribution in [-0.4, -0.2) is 21.6 Å². The molecule has 0 aliphatic heterocycles. The highest BCUT2D eigenvalue weighted by Crippen LogP contribution is 2.24. The van der Waals surface area contributed by atoms with E-state index in [0.717, 1.165) is 13.1 Å². The van der Waals surface area contributed by atoms with E-state index in [9.17, 15) is 5.11 Å². The molecule has 2 aromatic rings. The summed E-state index contributed by atoms with van der Waals surface area (Å²) in [5.41, 5.74) is 1.75. The van der Waals surface area contributed by atoms with Gasteiger partial charge in [0.25, 0.3) is 0 Å². The second-order valence-electron chi connectivity index (χ2n) is 4.12. The standard InChI is InChI=1S/C14H16ClN3O/c1-2-18(8-11-6-4-3-5-7-11)14-12(9-19)13(15)16-10-17-14/h3-7,10,19H,2,8-9H2,1H3. The first-order valence-electron chi connectivity index (χ1n) is 6.15. The second kappa shape index (κ2) is 6.50. The van der Waals surface area contributed by atoms with Crippen molar-refractivity contribution in [1.29, 1.82) is 0 Å². The Morgan fingerprint density at radius 1 is 1.21 bits per heavy atom. The summed E-state index contributed by atoms with van der Waals surface area (Å²) in [6, 6.07) is 10.1. The molecule has 5 heteroatoms. The average Bonchev–Trinajstić information content (AvgIpc) is 2.45. The zero-order chi connectivity index (χ0) is 13.7. The Labute approximate surface area is 117 Å². The summed E-state index contributed by atoms with van der Waals surface area (Å²) >= 11 is 6.00. The molecule has 0 fully saturated rings. The molecule has 0 unspecified atom stereocenters. The molecule has 0 radical (unpaired) electrons. The van der Waals surface area contributed by atoms with Gasteiger partial charge in [-0.3, -0.25) is 0 Å². The fraction of sp³-hybridized carbons (Fsp3) is 0.286. The predicted molar refractivity (Wildman–Crippen MR) is 76.1 cm³/mol. The molecule has 1 N–H and O–H groups in total. The number of rotatable bonds is 5. The van der Waals surface area contributed by atoms with Gasteiger partial charge in [-0.15, -0.1) is 0 Å². The summed E-state index contributed by atoms with van der Waals surface area (Å²) in [7, 11) is 0. The number of anilines is 1. The second-order valence-corrected chi connectivity index (χ2v) is 4.48. The van der Waals surface area contributed by atoms with Crippen LogP contribution in [0, 0.1) is 0 Å². The van der Waals surface area contributed by atoms with Gasteiger partial charge < -0.3 is 10.0 Å². The molecule has 1 heterocycles. The number of aliphatic hydroxyl groups is 1. The van der Waals surface area contributed by atoms with Gasteiger partial charge in [0.15, 0.2) is 0 Å².